The number of aromatic nitrogens is 2. The van der Waals surface area contributed by atoms with E-state index in [4.69, 9.17) is 0 Å². The second-order valence-electron chi connectivity index (χ2n) is 8.97. The molecule has 1 fully saturated rings. The molecule has 13 heteroatoms. The number of alkyl halides is 3. The minimum absolute atomic E-state index is 0.0600. The number of hydrogen-bond donors (Lipinski definition) is 2. The molecule has 0 bridgehead atoms. The first-order valence-electron chi connectivity index (χ1n) is 11.9. The molecule has 1 aromatic heterocycles. The first kappa shape index (κ1) is 27.4. The summed E-state index contributed by atoms with van der Waals surface area (Å²) in [6.45, 7) is 3.00. The Labute approximate surface area is 219 Å². The Bertz CT molecular complexity index is 1560. The van der Waals surface area contributed by atoms with Gasteiger partial charge in [0.1, 0.15) is 11.8 Å². The Hall–Kier alpha value is -4.68. The third kappa shape index (κ3) is 5.47. The van der Waals surface area contributed by atoms with E-state index >= 15 is 0 Å². The Morgan fingerprint density at radius 3 is 2.36 bits per heavy atom. The monoisotopic (exact) mass is 543 g/mol. The van der Waals surface area contributed by atoms with E-state index in [1.54, 1.807) is 12.1 Å². The summed E-state index contributed by atoms with van der Waals surface area (Å²) in [4.78, 5) is 64.1. The molecule has 1 unspecified atom stereocenters. The zero-order valence-electron chi connectivity index (χ0n) is 20.9. The Kier molecular flexibility index (Phi) is 7.43. The van der Waals surface area contributed by atoms with E-state index in [0.717, 1.165) is 16.8 Å². The quantitative estimate of drug-likeness (QED) is 0.443. The fourth-order valence-corrected chi connectivity index (χ4v) is 4.24. The Morgan fingerprint density at radius 2 is 1.77 bits per heavy atom. The molecule has 0 radical (unpaired) electrons. The van der Waals surface area contributed by atoms with Crippen molar-refractivity contribution in [3.8, 4) is 5.69 Å². The summed E-state index contributed by atoms with van der Waals surface area (Å²) < 4.78 is 42.1. The average Bonchev–Trinajstić information content (AvgIpc) is 3.32. The standard InChI is InChI=1S/C26H24F3N5O5/c1-15(14-35)31-22(36)20-13-33(19-8-6-18(7-9-19)32-11-10-30-24(32)38)25(39)34(23(20)37)12-17-4-3-5-21(16(17)2)26(27,28)29/h3-9,13-15H,10-12H2,1-2H3,(H,30,38)(H,31,36). The second-order valence-corrected chi connectivity index (χ2v) is 8.97. The van der Waals surface area contributed by atoms with Crippen molar-refractivity contribution in [3.63, 3.8) is 0 Å². The summed E-state index contributed by atoms with van der Waals surface area (Å²) in [5, 5.41) is 5.00. The highest BCUT2D eigenvalue weighted by atomic mass is 19.4. The molecule has 2 aromatic carbocycles. The molecule has 0 aliphatic carbocycles. The van der Waals surface area contributed by atoms with Crippen LogP contribution in [-0.4, -0.2) is 46.5 Å². The number of urea groups is 1. The SMILES string of the molecule is Cc1c(Cn2c(=O)c(C(=O)NC(C)C=O)cn(-c3ccc(N4CCNC4=O)cc3)c2=O)cccc1C(F)(F)F. The van der Waals surface area contributed by atoms with Gasteiger partial charge in [-0.1, -0.05) is 12.1 Å². The van der Waals surface area contributed by atoms with Crippen molar-refractivity contribution in [2.75, 3.05) is 18.0 Å². The maximum Gasteiger partial charge on any atom is 0.416 e. The molecule has 3 amide bonds. The summed E-state index contributed by atoms with van der Waals surface area (Å²) in [6, 6.07) is 8.36. The normalized spacial score (nSPS) is 14.2. The molecule has 2 N–H and O–H groups in total. The van der Waals surface area contributed by atoms with Gasteiger partial charge >= 0.3 is 17.9 Å². The Balaban J connectivity index is 1.85. The maximum atomic E-state index is 13.5. The average molecular weight is 544 g/mol. The number of nitrogens with zero attached hydrogens (tertiary/aromatic N) is 3. The molecule has 1 atom stereocenters. The van der Waals surface area contributed by atoms with Crippen molar-refractivity contribution in [1.82, 2.24) is 19.8 Å². The summed E-state index contributed by atoms with van der Waals surface area (Å²) in [7, 11) is 0. The predicted octanol–water partition coefficient (Wildman–Crippen LogP) is 2.22. The molecule has 2 heterocycles. The summed E-state index contributed by atoms with van der Waals surface area (Å²) in [6.07, 6.45) is -3.18. The molecular weight excluding hydrogens is 519 g/mol. The molecule has 10 nitrogen and oxygen atoms in total. The number of carbonyl (C=O) groups is 3. The highest BCUT2D eigenvalue weighted by Gasteiger charge is 2.33. The maximum absolute atomic E-state index is 13.5. The van der Waals surface area contributed by atoms with E-state index in [9.17, 15) is 37.1 Å². The van der Waals surface area contributed by atoms with Crippen molar-refractivity contribution in [1.29, 1.82) is 0 Å². The number of aldehydes is 1. The van der Waals surface area contributed by atoms with E-state index in [-0.39, 0.29) is 22.8 Å². The van der Waals surface area contributed by atoms with Crippen LogP contribution in [0, 0.1) is 6.92 Å². The number of amides is 3. The van der Waals surface area contributed by atoms with E-state index < -0.39 is 47.0 Å². The minimum Gasteiger partial charge on any atom is -0.343 e. The van der Waals surface area contributed by atoms with Gasteiger partial charge in [-0.2, -0.15) is 13.2 Å². The van der Waals surface area contributed by atoms with Crippen molar-refractivity contribution in [2.45, 2.75) is 32.6 Å². The first-order chi connectivity index (χ1) is 18.4. The van der Waals surface area contributed by atoms with Gasteiger partial charge < -0.3 is 15.4 Å². The van der Waals surface area contributed by atoms with Crippen molar-refractivity contribution in [3.05, 3.63) is 91.8 Å². The van der Waals surface area contributed by atoms with E-state index in [0.29, 0.717) is 29.6 Å². The van der Waals surface area contributed by atoms with Gasteiger partial charge in [0.25, 0.3) is 11.5 Å². The molecule has 4 rings (SSSR count). The number of nitrogens with one attached hydrogen (secondary N) is 2. The number of carbonyl (C=O) groups excluding carboxylic acids is 3. The second kappa shape index (κ2) is 10.6. The lowest BCUT2D eigenvalue weighted by atomic mass is 10.0. The Morgan fingerprint density at radius 1 is 1.10 bits per heavy atom. The largest absolute Gasteiger partial charge is 0.416 e. The van der Waals surface area contributed by atoms with E-state index in [1.165, 1.54) is 43.0 Å². The minimum atomic E-state index is -4.65. The summed E-state index contributed by atoms with van der Waals surface area (Å²) in [5.74, 6) is -0.937. The lowest BCUT2D eigenvalue weighted by Gasteiger charge is -2.18. The molecular formula is C26H24F3N5O5. The van der Waals surface area contributed by atoms with Crippen molar-refractivity contribution in [2.24, 2.45) is 0 Å². The van der Waals surface area contributed by atoms with Crippen LogP contribution in [0.15, 0.2) is 58.3 Å². The van der Waals surface area contributed by atoms with Crippen molar-refractivity contribution < 1.29 is 27.6 Å². The lowest BCUT2D eigenvalue weighted by Crippen LogP contribution is -2.45. The van der Waals surface area contributed by atoms with Gasteiger partial charge in [0.2, 0.25) is 0 Å². The molecule has 0 saturated carbocycles. The molecule has 3 aromatic rings. The fraction of sp³-hybridized carbons (Fsp3) is 0.269. The molecule has 0 spiro atoms. The van der Waals surface area contributed by atoms with Crippen LogP contribution in [0.3, 0.4) is 0 Å². The van der Waals surface area contributed by atoms with Crippen LogP contribution in [-0.2, 0) is 17.5 Å². The number of anilines is 1. The van der Waals surface area contributed by atoms with Crippen LogP contribution in [0.5, 0.6) is 0 Å². The molecule has 1 saturated heterocycles. The van der Waals surface area contributed by atoms with Crippen molar-refractivity contribution >= 4 is 23.9 Å². The van der Waals surface area contributed by atoms with Gasteiger partial charge in [-0.25, -0.2) is 9.59 Å². The fourth-order valence-electron chi connectivity index (χ4n) is 4.24. The predicted molar refractivity (Wildman–Crippen MR) is 135 cm³/mol. The van der Waals surface area contributed by atoms with E-state index in [1.807, 2.05) is 0 Å². The lowest BCUT2D eigenvalue weighted by molar-refractivity contribution is -0.138. The van der Waals surface area contributed by atoms with E-state index in [2.05, 4.69) is 10.6 Å². The topological polar surface area (TPSA) is 123 Å². The summed E-state index contributed by atoms with van der Waals surface area (Å²) >= 11 is 0. The third-order valence-corrected chi connectivity index (χ3v) is 6.35. The van der Waals surface area contributed by atoms with Gasteiger partial charge in [0.15, 0.2) is 0 Å². The zero-order chi connectivity index (χ0) is 28.5. The van der Waals surface area contributed by atoms with Crippen LogP contribution < -0.4 is 26.8 Å². The number of rotatable bonds is 7. The van der Waals surface area contributed by atoms with Crippen LogP contribution >= 0.6 is 0 Å². The van der Waals surface area contributed by atoms with Crippen LogP contribution in [0.25, 0.3) is 5.69 Å². The molecule has 1 aliphatic rings. The van der Waals surface area contributed by atoms with Crippen LogP contribution in [0.1, 0.15) is 34.0 Å². The number of halogens is 3. The van der Waals surface area contributed by atoms with Gasteiger partial charge in [-0.15, -0.1) is 0 Å². The molecule has 204 valence electrons. The van der Waals surface area contributed by atoms with Gasteiger partial charge in [-0.3, -0.25) is 23.6 Å². The van der Waals surface area contributed by atoms with Gasteiger partial charge in [0, 0.05) is 25.0 Å². The highest BCUT2D eigenvalue weighted by molar-refractivity contribution is 5.95. The molecule has 39 heavy (non-hydrogen) atoms. The van der Waals surface area contributed by atoms with Gasteiger partial charge in [0.05, 0.1) is 23.8 Å². The summed E-state index contributed by atoms with van der Waals surface area (Å²) in [5.41, 5.74) is -2.66. The van der Waals surface area contributed by atoms with Crippen LogP contribution in [0.4, 0.5) is 23.7 Å². The highest BCUT2D eigenvalue weighted by Crippen LogP contribution is 2.33. The smallest absolute Gasteiger partial charge is 0.343 e. The third-order valence-electron chi connectivity index (χ3n) is 6.35. The number of benzene rings is 2. The first-order valence-corrected chi connectivity index (χ1v) is 11.9. The van der Waals surface area contributed by atoms with Crippen LogP contribution in [0.2, 0.25) is 0 Å². The zero-order valence-corrected chi connectivity index (χ0v) is 20.9. The van der Waals surface area contributed by atoms with Gasteiger partial charge in [-0.05, 0) is 55.3 Å². The number of hydrogen-bond acceptors (Lipinski definition) is 5. The molecule has 1 aliphatic heterocycles.